The zero-order chi connectivity index (χ0) is 13.9. The first kappa shape index (κ1) is 15.4. The Bertz CT molecular complexity index is 516. The fourth-order valence-corrected chi connectivity index (χ4v) is 3.55. The number of H-pyrrole nitrogens is 1. The second kappa shape index (κ2) is 5.97. The molecule has 102 valence electrons. The summed E-state index contributed by atoms with van der Waals surface area (Å²) in [7, 11) is 1.67. The summed E-state index contributed by atoms with van der Waals surface area (Å²) in [5, 5.41) is 2.96. The van der Waals surface area contributed by atoms with Gasteiger partial charge in [-0.3, -0.25) is 19.4 Å². The summed E-state index contributed by atoms with van der Waals surface area (Å²) in [4.78, 5) is 26.0. The van der Waals surface area contributed by atoms with Crippen LogP contribution in [0, 0.1) is 11.3 Å². The van der Waals surface area contributed by atoms with Crippen LogP contribution in [0.15, 0.2) is 14.7 Å². The smallest absolute Gasteiger partial charge is 0.265 e. The maximum absolute atomic E-state index is 11.2. The Labute approximate surface area is 116 Å². The molecule has 0 amide bonds. The molecule has 5 nitrogen and oxygen atoms in total. The van der Waals surface area contributed by atoms with E-state index in [0.29, 0.717) is 11.1 Å². The van der Waals surface area contributed by atoms with Crippen LogP contribution in [-0.2, 0) is 7.05 Å². The van der Waals surface area contributed by atoms with Crippen molar-refractivity contribution in [2.24, 2.45) is 18.4 Å². The molecule has 1 aromatic rings. The predicted molar refractivity (Wildman–Crippen MR) is 77.6 cm³/mol. The van der Waals surface area contributed by atoms with Gasteiger partial charge in [-0.05, 0) is 17.1 Å². The summed E-state index contributed by atoms with van der Waals surface area (Å²) in [6.07, 6.45) is 0. The molecule has 1 atom stereocenters. The fraction of sp³-hybridized carbons (Fsp3) is 0.727. The van der Waals surface area contributed by atoms with Gasteiger partial charge in [-0.25, -0.2) is 0 Å². The van der Waals surface area contributed by atoms with Crippen molar-refractivity contribution in [1.29, 1.82) is 0 Å². The van der Waals surface area contributed by atoms with E-state index in [4.69, 9.17) is 0 Å². The number of aromatic nitrogens is 3. The lowest BCUT2D eigenvalue weighted by atomic mass is 9.83. The molecule has 0 aliphatic carbocycles. The minimum atomic E-state index is -0.742. The van der Waals surface area contributed by atoms with Crippen molar-refractivity contribution in [3.05, 3.63) is 20.7 Å². The first-order valence-electron chi connectivity index (χ1n) is 5.66. The van der Waals surface area contributed by atoms with Gasteiger partial charge in [0.25, 0.3) is 0 Å². The second-order valence-corrected chi connectivity index (χ2v) is 6.61. The van der Waals surface area contributed by atoms with Crippen molar-refractivity contribution in [2.45, 2.75) is 25.9 Å². The molecule has 1 N–H and O–H groups in total. The molecule has 0 aromatic carbocycles. The number of hydrogen-bond donors (Lipinski definition) is 2. The molecule has 1 rings (SSSR count). The third-order valence-electron chi connectivity index (χ3n) is 2.81. The summed E-state index contributed by atoms with van der Waals surface area (Å²) in [5.41, 5.74) is -1.28. The molecular weight excluding hydrogens is 270 g/mol. The van der Waals surface area contributed by atoms with Crippen LogP contribution in [-0.4, -0.2) is 26.3 Å². The lowest BCUT2D eigenvalue weighted by Gasteiger charge is -2.28. The van der Waals surface area contributed by atoms with E-state index in [-0.39, 0.29) is 5.41 Å². The van der Waals surface area contributed by atoms with E-state index in [1.807, 2.05) is 0 Å². The number of hydrogen-bond acceptors (Lipinski definition) is 5. The Morgan fingerprint density at radius 3 is 2.56 bits per heavy atom. The Hall–Kier alpha value is -0.690. The fourth-order valence-electron chi connectivity index (χ4n) is 1.34. The molecule has 0 aliphatic rings. The van der Waals surface area contributed by atoms with Crippen LogP contribution in [0.2, 0.25) is 0 Å². The van der Waals surface area contributed by atoms with Gasteiger partial charge in [0, 0.05) is 12.8 Å². The molecule has 1 heterocycles. The molecule has 0 bridgehead atoms. The van der Waals surface area contributed by atoms with Crippen molar-refractivity contribution >= 4 is 24.4 Å². The molecule has 0 saturated carbocycles. The van der Waals surface area contributed by atoms with Crippen LogP contribution in [0.5, 0.6) is 0 Å². The maximum atomic E-state index is 11.2. The Morgan fingerprint density at radius 2 is 2.06 bits per heavy atom. The highest BCUT2D eigenvalue weighted by atomic mass is 32.2. The van der Waals surface area contributed by atoms with E-state index < -0.39 is 11.1 Å². The van der Waals surface area contributed by atoms with Gasteiger partial charge >= 0.3 is 11.1 Å². The number of rotatable bonds is 4. The molecule has 0 fully saturated rings. The summed E-state index contributed by atoms with van der Waals surface area (Å²) in [6.45, 7) is 6.48. The molecule has 1 unspecified atom stereocenters. The van der Waals surface area contributed by atoms with Crippen LogP contribution in [0.3, 0.4) is 0 Å². The average molecular weight is 289 g/mol. The quantitative estimate of drug-likeness (QED) is 0.496. The normalized spacial score (nSPS) is 13.6. The Morgan fingerprint density at radius 1 is 1.44 bits per heavy atom. The third-order valence-corrected chi connectivity index (χ3v) is 4.44. The highest BCUT2D eigenvalue weighted by Crippen LogP contribution is 2.31. The lowest BCUT2D eigenvalue weighted by Crippen LogP contribution is -2.34. The van der Waals surface area contributed by atoms with Crippen molar-refractivity contribution in [2.75, 3.05) is 11.5 Å². The molecule has 0 spiro atoms. The largest absolute Gasteiger partial charge is 0.339 e. The van der Waals surface area contributed by atoms with Gasteiger partial charge in [0.05, 0.1) is 0 Å². The van der Waals surface area contributed by atoms with E-state index in [1.165, 1.54) is 16.4 Å². The van der Waals surface area contributed by atoms with Gasteiger partial charge in [-0.15, -0.1) is 0 Å². The number of aryl methyl sites for hydroxylation is 1. The maximum Gasteiger partial charge on any atom is 0.339 e. The molecule has 18 heavy (non-hydrogen) atoms. The second-order valence-electron chi connectivity index (χ2n) is 5.26. The van der Waals surface area contributed by atoms with Gasteiger partial charge in [-0.1, -0.05) is 32.5 Å². The predicted octanol–water partition coefficient (Wildman–Crippen LogP) is 1.15. The van der Waals surface area contributed by atoms with E-state index in [2.05, 4.69) is 43.5 Å². The Kier molecular flexibility index (Phi) is 5.10. The number of thioether (sulfide) groups is 1. The van der Waals surface area contributed by atoms with Gasteiger partial charge in [-0.2, -0.15) is 17.6 Å². The average Bonchev–Trinajstić information content (AvgIpc) is 2.24. The Balaban J connectivity index is 2.84. The summed E-state index contributed by atoms with van der Waals surface area (Å²) in [5.74, 6) is 1.97. The zero-order valence-electron chi connectivity index (χ0n) is 11.1. The monoisotopic (exact) mass is 289 g/mol. The summed E-state index contributed by atoms with van der Waals surface area (Å²) >= 11 is 5.82. The minimum Gasteiger partial charge on any atom is -0.265 e. The van der Waals surface area contributed by atoms with Crippen LogP contribution in [0.25, 0.3) is 0 Å². The van der Waals surface area contributed by atoms with E-state index >= 15 is 0 Å². The van der Waals surface area contributed by atoms with Gasteiger partial charge in [0.15, 0.2) is 5.16 Å². The summed E-state index contributed by atoms with van der Waals surface area (Å²) in [6, 6.07) is 0. The van der Waals surface area contributed by atoms with E-state index in [1.54, 1.807) is 7.05 Å². The minimum absolute atomic E-state index is 0.149. The third kappa shape index (κ3) is 3.91. The number of aromatic amines is 1. The summed E-state index contributed by atoms with van der Waals surface area (Å²) < 4.78 is 1.48. The number of nitrogens with zero attached hydrogens (tertiary/aromatic N) is 2. The lowest BCUT2D eigenvalue weighted by molar-refractivity contribution is 0.294. The SMILES string of the molecule is Cn1[nH]c(=O)c(=O)nc1SCC(CS)C(C)(C)C. The molecule has 0 radical (unpaired) electrons. The molecule has 7 heteroatoms. The van der Waals surface area contributed by atoms with Gasteiger partial charge in [0.2, 0.25) is 0 Å². The standard InChI is InChI=1S/C11H19N3O2S2/c1-11(2,3)7(5-17)6-18-10-12-8(15)9(16)13-14(10)4/h7,17H,5-6H2,1-4H3,(H,13,16). The topological polar surface area (TPSA) is 67.8 Å². The van der Waals surface area contributed by atoms with Crippen LogP contribution < -0.4 is 11.1 Å². The first-order valence-corrected chi connectivity index (χ1v) is 7.28. The van der Waals surface area contributed by atoms with Gasteiger partial charge < -0.3 is 0 Å². The molecule has 1 aromatic heterocycles. The molecular formula is C11H19N3O2S2. The highest BCUT2D eigenvalue weighted by molar-refractivity contribution is 7.99. The van der Waals surface area contributed by atoms with Crippen molar-refractivity contribution < 1.29 is 0 Å². The molecule has 0 saturated heterocycles. The number of thiol groups is 1. The van der Waals surface area contributed by atoms with Crippen LogP contribution >= 0.6 is 24.4 Å². The van der Waals surface area contributed by atoms with E-state index in [0.717, 1.165) is 11.5 Å². The number of nitrogens with one attached hydrogen (secondary N) is 1. The van der Waals surface area contributed by atoms with Crippen LogP contribution in [0.4, 0.5) is 0 Å². The highest BCUT2D eigenvalue weighted by Gasteiger charge is 2.23. The van der Waals surface area contributed by atoms with E-state index in [9.17, 15) is 9.59 Å². The zero-order valence-corrected chi connectivity index (χ0v) is 12.8. The van der Waals surface area contributed by atoms with Crippen molar-refractivity contribution in [3.63, 3.8) is 0 Å². The van der Waals surface area contributed by atoms with Crippen LogP contribution in [0.1, 0.15) is 20.8 Å². The van der Waals surface area contributed by atoms with Crippen molar-refractivity contribution in [1.82, 2.24) is 14.8 Å². The van der Waals surface area contributed by atoms with Crippen molar-refractivity contribution in [3.8, 4) is 0 Å². The first-order chi connectivity index (χ1) is 8.25. The molecule has 0 aliphatic heterocycles. The van der Waals surface area contributed by atoms with Gasteiger partial charge in [0.1, 0.15) is 0 Å².